The number of methoxy groups -OCH3 is 1. The fourth-order valence-electron chi connectivity index (χ4n) is 4.76. The zero-order valence-electron chi connectivity index (χ0n) is 24.1. The number of hydrogen-bond donors (Lipinski definition) is 1. The number of carbonyl (C=O) groups excluding carboxylic acids is 2. The van der Waals surface area contributed by atoms with Gasteiger partial charge in [0.2, 0.25) is 0 Å². The summed E-state index contributed by atoms with van der Waals surface area (Å²) in [6, 6.07) is 34.7. The second kappa shape index (κ2) is 13.4. The summed E-state index contributed by atoms with van der Waals surface area (Å²) in [5, 5.41) is 0. The summed E-state index contributed by atoms with van der Waals surface area (Å²) in [7, 11) is 1.67. The van der Waals surface area contributed by atoms with E-state index in [-0.39, 0.29) is 19.0 Å². The van der Waals surface area contributed by atoms with Gasteiger partial charge in [0.1, 0.15) is 11.4 Å². The first-order valence-corrected chi connectivity index (χ1v) is 13.7. The Morgan fingerprint density at radius 2 is 1.22 bits per heavy atom. The van der Waals surface area contributed by atoms with Gasteiger partial charge in [0, 0.05) is 23.0 Å². The third kappa shape index (κ3) is 7.28. The fraction of sp³-hybridized carbons (Fsp3) is 0.257. The lowest BCUT2D eigenvalue weighted by atomic mass is 9.80. The van der Waals surface area contributed by atoms with Crippen LogP contribution in [0, 0.1) is 5.41 Å². The lowest BCUT2D eigenvalue weighted by molar-refractivity contribution is -0.0611. The van der Waals surface area contributed by atoms with Crippen molar-refractivity contribution in [3.8, 4) is 5.75 Å². The molecule has 41 heavy (non-hydrogen) atoms. The molecule has 6 heteroatoms. The number of para-hydroxylation sites is 1. The molecule has 4 rings (SSSR count). The van der Waals surface area contributed by atoms with Gasteiger partial charge in [-0.05, 0) is 34.9 Å². The van der Waals surface area contributed by atoms with Gasteiger partial charge in [-0.1, -0.05) is 112 Å². The molecule has 6 nitrogen and oxygen atoms in total. The highest BCUT2D eigenvalue weighted by molar-refractivity contribution is 6.01. The van der Waals surface area contributed by atoms with E-state index in [9.17, 15) is 9.59 Å². The van der Waals surface area contributed by atoms with Crippen LogP contribution in [-0.2, 0) is 21.6 Å². The molecule has 4 aromatic carbocycles. The first-order chi connectivity index (χ1) is 19.7. The van der Waals surface area contributed by atoms with Gasteiger partial charge >= 0.3 is 0 Å². The van der Waals surface area contributed by atoms with Gasteiger partial charge in [-0.15, -0.1) is 0 Å². The summed E-state index contributed by atoms with van der Waals surface area (Å²) in [4.78, 5) is 30.7. The zero-order chi connectivity index (χ0) is 29.3. The normalized spacial score (nSPS) is 11.6. The van der Waals surface area contributed by atoms with Crippen molar-refractivity contribution in [2.24, 2.45) is 5.41 Å². The van der Waals surface area contributed by atoms with Crippen LogP contribution in [0.1, 0.15) is 58.2 Å². The Bertz CT molecular complexity index is 1390. The number of benzene rings is 4. The van der Waals surface area contributed by atoms with Crippen LogP contribution < -0.4 is 10.2 Å². The minimum absolute atomic E-state index is 0.0197. The van der Waals surface area contributed by atoms with E-state index in [0.29, 0.717) is 17.5 Å². The number of ketones is 1. The number of Topliss-reactive ketones (excluding diaryl/α,β-unsaturated/α-hetero) is 1. The Hall–Kier alpha value is -4.26. The topological polar surface area (TPSA) is 73.9 Å². The maximum atomic E-state index is 12.7. The number of hydroxylamine groups is 1. The average Bonchev–Trinajstić information content (AvgIpc) is 3.00. The molecule has 0 aliphatic rings. The molecule has 0 aliphatic carbocycles. The van der Waals surface area contributed by atoms with Crippen molar-refractivity contribution >= 4 is 11.7 Å². The van der Waals surface area contributed by atoms with E-state index in [0.717, 1.165) is 22.4 Å². The second-order valence-corrected chi connectivity index (χ2v) is 10.8. The number of carbonyl (C=O) groups is 2. The monoisotopic (exact) mass is 551 g/mol. The minimum Gasteiger partial charge on any atom is -0.496 e. The predicted molar refractivity (Wildman–Crippen MR) is 160 cm³/mol. The van der Waals surface area contributed by atoms with Gasteiger partial charge in [-0.25, -0.2) is 5.48 Å². The average molecular weight is 552 g/mol. The summed E-state index contributed by atoms with van der Waals surface area (Å²) in [5.74, 6) is 0.406. The molecule has 0 aliphatic heterocycles. The summed E-state index contributed by atoms with van der Waals surface area (Å²) in [6.07, 6.45) is 0.525. The number of amides is 1. The van der Waals surface area contributed by atoms with Crippen molar-refractivity contribution in [2.75, 3.05) is 20.3 Å². The van der Waals surface area contributed by atoms with Crippen molar-refractivity contribution < 1.29 is 23.9 Å². The van der Waals surface area contributed by atoms with Gasteiger partial charge in [-0.2, -0.15) is 0 Å². The SMILES string of the molecule is COc1ccccc1CC(OCCONC(=O)c1ccc(C(=O)C(C)(C)C)cc1)(c1ccccc1)c1ccccc1. The third-order valence-corrected chi connectivity index (χ3v) is 6.90. The van der Waals surface area contributed by atoms with Crippen LogP contribution in [0.15, 0.2) is 109 Å². The molecule has 0 heterocycles. The van der Waals surface area contributed by atoms with Crippen LogP contribution in [0.3, 0.4) is 0 Å². The van der Waals surface area contributed by atoms with Gasteiger partial charge in [-0.3, -0.25) is 14.4 Å². The molecule has 0 saturated heterocycles. The van der Waals surface area contributed by atoms with Crippen LogP contribution in [0.2, 0.25) is 0 Å². The van der Waals surface area contributed by atoms with E-state index < -0.39 is 16.9 Å². The molecule has 1 amide bonds. The second-order valence-electron chi connectivity index (χ2n) is 10.8. The van der Waals surface area contributed by atoms with E-state index in [1.165, 1.54) is 0 Å². The van der Waals surface area contributed by atoms with Gasteiger partial charge in [0.05, 0.1) is 20.3 Å². The van der Waals surface area contributed by atoms with Crippen LogP contribution in [0.5, 0.6) is 5.75 Å². The molecule has 0 saturated carbocycles. The summed E-state index contributed by atoms with van der Waals surface area (Å²) >= 11 is 0. The molecule has 0 atom stereocenters. The van der Waals surface area contributed by atoms with Gasteiger partial charge in [0.25, 0.3) is 5.91 Å². The van der Waals surface area contributed by atoms with Crippen molar-refractivity contribution in [3.05, 3.63) is 137 Å². The molecule has 1 N–H and O–H groups in total. The van der Waals surface area contributed by atoms with Crippen molar-refractivity contribution in [1.29, 1.82) is 0 Å². The molecule has 0 bridgehead atoms. The lowest BCUT2D eigenvalue weighted by Crippen LogP contribution is -2.36. The highest BCUT2D eigenvalue weighted by Crippen LogP contribution is 2.39. The van der Waals surface area contributed by atoms with Crippen molar-refractivity contribution in [2.45, 2.75) is 32.8 Å². The fourth-order valence-corrected chi connectivity index (χ4v) is 4.76. The highest BCUT2D eigenvalue weighted by atomic mass is 16.7. The predicted octanol–water partition coefficient (Wildman–Crippen LogP) is 6.79. The Labute approximate surface area is 242 Å². The number of hydrogen-bond acceptors (Lipinski definition) is 5. The van der Waals surface area contributed by atoms with E-state index in [1.54, 1.807) is 31.4 Å². The Morgan fingerprint density at radius 3 is 1.78 bits per heavy atom. The summed E-state index contributed by atoms with van der Waals surface area (Å²) in [5.41, 5.74) is 5.11. The largest absolute Gasteiger partial charge is 0.496 e. The number of ether oxygens (including phenoxy) is 2. The van der Waals surface area contributed by atoms with Crippen LogP contribution in [-0.4, -0.2) is 32.0 Å². The Kier molecular flexibility index (Phi) is 9.71. The molecule has 0 spiro atoms. The third-order valence-electron chi connectivity index (χ3n) is 6.90. The first-order valence-electron chi connectivity index (χ1n) is 13.7. The van der Waals surface area contributed by atoms with Crippen LogP contribution in [0.4, 0.5) is 0 Å². The molecule has 212 valence electrons. The van der Waals surface area contributed by atoms with E-state index >= 15 is 0 Å². The molecular weight excluding hydrogens is 514 g/mol. The van der Waals surface area contributed by atoms with E-state index in [1.807, 2.05) is 81.4 Å². The van der Waals surface area contributed by atoms with Gasteiger partial charge in [0.15, 0.2) is 5.78 Å². The van der Waals surface area contributed by atoms with Crippen LogP contribution >= 0.6 is 0 Å². The molecule has 0 unspecified atom stereocenters. The smallest absolute Gasteiger partial charge is 0.274 e. The van der Waals surface area contributed by atoms with Gasteiger partial charge < -0.3 is 9.47 Å². The number of nitrogens with one attached hydrogen (secondary N) is 1. The van der Waals surface area contributed by atoms with E-state index in [4.69, 9.17) is 14.3 Å². The quantitative estimate of drug-likeness (QED) is 0.119. The summed E-state index contributed by atoms with van der Waals surface area (Å²) < 4.78 is 12.4. The molecule has 0 aromatic heterocycles. The van der Waals surface area contributed by atoms with Crippen molar-refractivity contribution in [3.63, 3.8) is 0 Å². The maximum absolute atomic E-state index is 12.7. The standard InChI is InChI=1S/C35H37NO5/c1-34(2,3)32(37)26-19-21-27(22-20-26)33(38)36-41-24-23-40-35(29-14-7-5-8-15-29,30-16-9-6-10-17-30)25-28-13-11-12-18-31(28)39-4/h5-22H,23-25H2,1-4H3,(H,36,38). The maximum Gasteiger partial charge on any atom is 0.274 e. The number of rotatable bonds is 12. The summed E-state index contributed by atoms with van der Waals surface area (Å²) in [6.45, 7) is 5.93. The highest BCUT2D eigenvalue weighted by Gasteiger charge is 2.36. The molecule has 4 aromatic rings. The lowest BCUT2D eigenvalue weighted by Gasteiger charge is -2.36. The first kappa shape index (κ1) is 29.7. The molecule has 0 radical (unpaired) electrons. The molecule has 0 fully saturated rings. The zero-order valence-corrected chi connectivity index (χ0v) is 24.1. The van der Waals surface area contributed by atoms with Crippen LogP contribution in [0.25, 0.3) is 0 Å². The Morgan fingerprint density at radius 1 is 0.683 bits per heavy atom. The van der Waals surface area contributed by atoms with E-state index in [2.05, 4.69) is 29.7 Å². The van der Waals surface area contributed by atoms with Crippen molar-refractivity contribution in [1.82, 2.24) is 5.48 Å². The minimum atomic E-state index is -0.833. The Balaban J connectivity index is 1.48. The molecular formula is C35H37NO5.